The molecule has 0 aromatic heterocycles. The molecule has 0 amide bonds. The predicted octanol–water partition coefficient (Wildman–Crippen LogP) is 1.63. The van der Waals surface area contributed by atoms with Gasteiger partial charge in [0, 0.05) is 43.5 Å². The van der Waals surface area contributed by atoms with E-state index in [0.29, 0.717) is 5.41 Å². The van der Waals surface area contributed by atoms with Crippen LogP contribution in [0, 0.1) is 5.41 Å². The van der Waals surface area contributed by atoms with E-state index >= 15 is 0 Å². The van der Waals surface area contributed by atoms with E-state index < -0.39 is 0 Å². The second-order valence-corrected chi connectivity index (χ2v) is 8.31. The van der Waals surface area contributed by atoms with Crippen LogP contribution in [0.25, 0.3) is 0 Å². The Morgan fingerprint density at radius 2 is 2.11 bits per heavy atom. The average molecular weight is 283 g/mol. The maximum atomic E-state index is 6.31. The highest BCUT2D eigenvalue weighted by atomic mass is 32.2. The number of fused-ring (bicyclic) bond motifs is 1. The average Bonchev–Trinajstić information content (AvgIpc) is 2.86. The number of hydrogen-bond donors (Lipinski definition) is 1. The van der Waals surface area contributed by atoms with Crippen molar-refractivity contribution in [1.82, 2.24) is 9.80 Å². The van der Waals surface area contributed by atoms with Gasteiger partial charge in [0.2, 0.25) is 0 Å². The Hall–Kier alpha value is 0.230. The van der Waals surface area contributed by atoms with Crippen LogP contribution in [0.2, 0.25) is 0 Å². The number of nitrogens with two attached hydrogens (primary N) is 1. The van der Waals surface area contributed by atoms with Crippen LogP contribution in [0.4, 0.5) is 0 Å². The molecule has 2 N–H and O–H groups in total. The summed E-state index contributed by atoms with van der Waals surface area (Å²) in [6.45, 7) is 10.8. The van der Waals surface area contributed by atoms with Crippen molar-refractivity contribution in [3.8, 4) is 0 Å². The quantitative estimate of drug-likeness (QED) is 0.835. The van der Waals surface area contributed by atoms with Gasteiger partial charge in [0.05, 0.1) is 0 Å². The van der Waals surface area contributed by atoms with Gasteiger partial charge in [0.25, 0.3) is 0 Å². The Morgan fingerprint density at radius 1 is 1.26 bits per heavy atom. The molecule has 0 saturated carbocycles. The van der Waals surface area contributed by atoms with Crippen LogP contribution in [0.1, 0.15) is 33.1 Å². The normalized spacial score (nSPS) is 40.3. The lowest BCUT2D eigenvalue weighted by molar-refractivity contribution is -0.0390. The molecule has 4 heteroatoms. The fourth-order valence-electron chi connectivity index (χ4n) is 4.36. The zero-order chi connectivity index (χ0) is 13.5. The Balaban J connectivity index is 1.81. The van der Waals surface area contributed by atoms with Crippen molar-refractivity contribution in [3.05, 3.63) is 0 Å². The first-order chi connectivity index (χ1) is 9.09. The Bertz CT molecular complexity index is 333. The Morgan fingerprint density at radius 3 is 2.84 bits per heavy atom. The standard InChI is InChI=1S/C15H29N3S/c1-14(2)5-9-19-12-15(14,11-16)18-8-7-17-6-3-4-13(17)10-18/h13H,3-12,16H2,1-2H3. The molecule has 3 aliphatic heterocycles. The molecule has 0 radical (unpaired) electrons. The smallest absolute Gasteiger partial charge is 0.0474 e. The van der Waals surface area contributed by atoms with E-state index in [1.54, 1.807) is 0 Å². The Labute approximate surface area is 122 Å². The number of thioether (sulfide) groups is 1. The van der Waals surface area contributed by atoms with Gasteiger partial charge in [-0.05, 0) is 37.0 Å². The second-order valence-electron chi connectivity index (χ2n) is 7.20. The van der Waals surface area contributed by atoms with Gasteiger partial charge in [-0.3, -0.25) is 9.80 Å². The molecule has 0 aromatic rings. The summed E-state index contributed by atoms with van der Waals surface area (Å²) >= 11 is 2.11. The topological polar surface area (TPSA) is 32.5 Å². The summed E-state index contributed by atoms with van der Waals surface area (Å²) in [5.74, 6) is 2.53. The van der Waals surface area contributed by atoms with Crippen LogP contribution >= 0.6 is 11.8 Å². The van der Waals surface area contributed by atoms with E-state index in [-0.39, 0.29) is 5.54 Å². The predicted molar refractivity (Wildman–Crippen MR) is 83.7 cm³/mol. The third-order valence-electron chi connectivity index (χ3n) is 6.00. The van der Waals surface area contributed by atoms with Crippen LogP contribution in [0.15, 0.2) is 0 Å². The van der Waals surface area contributed by atoms with Gasteiger partial charge in [-0.15, -0.1) is 0 Å². The summed E-state index contributed by atoms with van der Waals surface area (Å²) in [6, 6.07) is 0.805. The van der Waals surface area contributed by atoms with Crippen molar-refractivity contribution in [3.63, 3.8) is 0 Å². The summed E-state index contributed by atoms with van der Waals surface area (Å²) in [5, 5.41) is 0. The molecule has 3 nitrogen and oxygen atoms in total. The van der Waals surface area contributed by atoms with Gasteiger partial charge in [0.1, 0.15) is 0 Å². The second kappa shape index (κ2) is 5.21. The van der Waals surface area contributed by atoms with Crippen molar-refractivity contribution in [1.29, 1.82) is 0 Å². The molecule has 2 unspecified atom stereocenters. The lowest BCUT2D eigenvalue weighted by Gasteiger charge is -2.58. The van der Waals surface area contributed by atoms with E-state index in [9.17, 15) is 0 Å². The van der Waals surface area contributed by atoms with Gasteiger partial charge in [0.15, 0.2) is 0 Å². The van der Waals surface area contributed by atoms with Crippen molar-refractivity contribution in [2.75, 3.05) is 44.2 Å². The van der Waals surface area contributed by atoms with Gasteiger partial charge in [-0.2, -0.15) is 11.8 Å². The minimum atomic E-state index is 0.227. The highest BCUT2D eigenvalue weighted by molar-refractivity contribution is 7.99. The van der Waals surface area contributed by atoms with E-state index in [1.807, 2.05) is 0 Å². The molecule has 3 saturated heterocycles. The molecule has 19 heavy (non-hydrogen) atoms. The number of nitrogens with zero attached hydrogens (tertiary/aromatic N) is 2. The lowest BCUT2D eigenvalue weighted by atomic mass is 9.69. The monoisotopic (exact) mass is 283 g/mol. The maximum absolute atomic E-state index is 6.31. The van der Waals surface area contributed by atoms with Crippen LogP contribution < -0.4 is 5.73 Å². The molecule has 3 aliphatic rings. The zero-order valence-corrected chi connectivity index (χ0v) is 13.3. The number of rotatable bonds is 2. The van der Waals surface area contributed by atoms with Gasteiger partial charge < -0.3 is 5.73 Å². The minimum Gasteiger partial charge on any atom is -0.329 e. The summed E-state index contributed by atoms with van der Waals surface area (Å²) in [5.41, 5.74) is 6.89. The van der Waals surface area contributed by atoms with E-state index in [0.717, 1.165) is 12.6 Å². The van der Waals surface area contributed by atoms with E-state index in [1.165, 1.54) is 56.9 Å². The summed E-state index contributed by atoms with van der Waals surface area (Å²) in [7, 11) is 0. The molecular weight excluding hydrogens is 254 g/mol. The van der Waals surface area contributed by atoms with Gasteiger partial charge in [-0.25, -0.2) is 0 Å². The van der Waals surface area contributed by atoms with E-state index in [4.69, 9.17) is 5.73 Å². The first-order valence-electron chi connectivity index (χ1n) is 7.86. The molecule has 110 valence electrons. The number of hydrogen-bond acceptors (Lipinski definition) is 4. The van der Waals surface area contributed by atoms with Gasteiger partial charge in [-0.1, -0.05) is 13.8 Å². The SMILES string of the molecule is CC1(C)CCSCC1(CN)N1CCN2CCCC2C1. The lowest BCUT2D eigenvalue weighted by Crippen LogP contribution is -2.69. The molecule has 0 spiro atoms. The highest BCUT2D eigenvalue weighted by Gasteiger charge is 2.51. The first kappa shape index (κ1) is 14.2. The fourth-order valence-corrected chi connectivity index (χ4v) is 6.19. The molecule has 3 fully saturated rings. The first-order valence-corrected chi connectivity index (χ1v) is 9.01. The summed E-state index contributed by atoms with van der Waals surface area (Å²) in [4.78, 5) is 5.47. The van der Waals surface area contributed by atoms with Crippen molar-refractivity contribution >= 4 is 11.8 Å². The van der Waals surface area contributed by atoms with E-state index in [2.05, 4.69) is 35.4 Å². The van der Waals surface area contributed by atoms with Crippen LogP contribution in [-0.2, 0) is 0 Å². The molecule has 0 bridgehead atoms. The maximum Gasteiger partial charge on any atom is 0.0474 e. The molecule has 3 rings (SSSR count). The van der Waals surface area contributed by atoms with Crippen molar-refractivity contribution in [2.24, 2.45) is 11.1 Å². The minimum absolute atomic E-state index is 0.227. The van der Waals surface area contributed by atoms with Crippen LogP contribution in [0.5, 0.6) is 0 Å². The van der Waals surface area contributed by atoms with Crippen LogP contribution in [0.3, 0.4) is 0 Å². The van der Waals surface area contributed by atoms with Gasteiger partial charge >= 0.3 is 0 Å². The molecule has 2 atom stereocenters. The number of piperazine rings is 1. The third-order valence-corrected chi connectivity index (χ3v) is 7.18. The van der Waals surface area contributed by atoms with Crippen LogP contribution in [-0.4, -0.2) is 65.6 Å². The third kappa shape index (κ3) is 2.25. The zero-order valence-electron chi connectivity index (χ0n) is 12.5. The molecule has 0 aromatic carbocycles. The molecular formula is C15H29N3S. The summed E-state index contributed by atoms with van der Waals surface area (Å²) in [6.07, 6.45) is 4.09. The van der Waals surface area contributed by atoms with Crippen molar-refractivity contribution < 1.29 is 0 Å². The molecule has 3 heterocycles. The summed E-state index contributed by atoms with van der Waals surface area (Å²) < 4.78 is 0. The highest BCUT2D eigenvalue weighted by Crippen LogP contribution is 2.46. The molecule has 0 aliphatic carbocycles. The Kier molecular flexibility index (Phi) is 3.89. The largest absolute Gasteiger partial charge is 0.329 e. The van der Waals surface area contributed by atoms with Crippen molar-refractivity contribution in [2.45, 2.75) is 44.7 Å². The fraction of sp³-hybridized carbons (Fsp3) is 1.00.